The highest BCUT2D eigenvalue weighted by atomic mass is 35.5. The third-order valence-electron chi connectivity index (χ3n) is 3.92. The average molecular weight is 345 g/mol. The Hall–Kier alpha value is -2.11. The molecule has 0 saturated carbocycles. The van der Waals surface area contributed by atoms with Crippen molar-refractivity contribution in [3.63, 3.8) is 0 Å². The number of aromatic nitrogens is 3. The molecule has 6 heteroatoms. The van der Waals surface area contributed by atoms with Gasteiger partial charge in [0, 0.05) is 35.8 Å². The molecule has 3 rings (SSSR count). The third kappa shape index (κ3) is 3.52. The molecule has 0 aliphatic carbocycles. The van der Waals surface area contributed by atoms with E-state index in [0.717, 1.165) is 27.8 Å². The summed E-state index contributed by atoms with van der Waals surface area (Å²) in [4.78, 5) is 4.51. The first kappa shape index (κ1) is 16.7. The number of aliphatic hydroxyl groups excluding tert-OH is 1. The Morgan fingerprint density at radius 1 is 1.25 bits per heavy atom. The maximum absolute atomic E-state index is 8.95. The second-order valence-electron chi connectivity index (χ2n) is 6.06. The van der Waals surface area contributed by atoms with E-state index in [1.54, 1.807) is 0 Å². The number of fused-ring (bicyclic) bond motifs is 1. The van der Waals surface area contributed by atoms with Gasteiger partial charge in [0.2, 0.25) is 0 Å². The molecule has 0 amide bonds. The number of benzene rings is 1. The maximum atomic E-state index is 8.95. The molecule has 0 aliphatic rings. The minimum absolute atomic E-state index is 0.165. The summed E-state index contributed by atoms with van der Waals surface area (Å²) in [7, 11) is 0. The van der Waals surface area contributed by atoms with E-state index in [1.165, 1.54) is 0 Å². The Morgan fingerprint density at radius 3 is 2.67 bits per heavy atom. The summed E-state index contributed by atoms with van der Waals surface area (Å²) in [5.74, 6) is 0. The Bertz CT molecular complexity index is 827. The summed E-state index contributed by atoms with van der Waals surface area (Å²) in [5.41, 5.74) is 3.87. The number of hydrogen-bond acceptors (Lipinski definition) is 4. The van der Waals surface area contributed by atoms with Gasteiger partial charge in [-0.2, -0.15) is 5.10 Å². The van der Waals surface area contributed by atoms with Crippen LogP contribution in [-0.2, 0) is 13.0 Å². The molecule has 2 N–H and O–H groups in total. The number of anilines is 1. The van der Waals surface area contributed by atoms with Crippen LogP contribution in [0.25, 0.3) is 11.0 Å². The van der Waals surface area contributed by atoms with Crippen LogP contribution in [0.1, 0.15) is 31.0 Å². The second kappa shape index (κ2) is 7.20. The summed E-state index contributed by atoms with van der Waals surface area (Å²) < 4.78 is 1.87. The van der Waals surface area contributed by atoms with Crippen LogP contribution >= 0.6 is 11.6 Å². The summed E-state index contributed by atoms with van der Waals surface area (Å²) in [6.07, 6.45) is 2.50. The summed E-state index contributed by atoms with van der Waals surface area (Å²) in [5, 5.41) is 18.2. The number of hydrogen-bond donors (Lipinski definition) is 2. The van der Waals surface area contributed by atoms with Crippen LogP contribution in [0.15, 0.2) is 36.5 Å². The van der Waals surface area contributed by atoms with Crippen molar-refractivity contribution in [3.8, 4) is 0 Å². The molecule has 0 atom stereocenters. The van der Waals surface area contributed by atoms with Gasteiger partial charge in [-0.25, -0.2) is 9.67 Å². The van der Waals surface area contributed by atoms with E-state index in [1.807, 2.05) is 41.2 Å². The van der Waals surface area contributed by atoms with Gasteiger partial charge in [-0.05, 0) is 44.0 Å². The van der Waals surface area contributed by atoms with Crippen LogP contribution < -0.4 is 5.32 Å². The van der Waals surface area contributed by atoms with Crippen molar-refractivity contribution in [1.82, 2.24) is 14.8 Å². The quantitative estimate of drug-likeness (QED) is 0.667. The molecule has 3 aromatic rings. The molecule has 1 aromatic carbocycles. The Labute approximate surface area is 146 Å². The van der Waals surface area contributed by atoms with Gasteiger partial charge in [0.1, 0.15) is 5.15 Å². The lowest BCUT2D eigenvalue weighted by Crippen LogP contribution is -2.05. The van der Waals surface area contributed by atoms with Gasteiger partial charge in [0.25, 0.3) is 0 Å². The zero-order chi connectivity index (χ0) is 17.1. The average Bonchev–Trinajstić information content (AvgIpc) is 2.97. The first-order valence-electron chi connectivity index (χ1n) is 8.05. The fourth-order valence-corrected chi connectivity index (χ4v) is 2.82. The third-order valence-corrected chi connectivity index (χ3v) is 4.25. The smallest absolute Gasteiger partial charge is 0.159 e. The molecule has 0 radical (unpaired) electrons. The molecule has 0 spiro atoms. The van der Waals surface area contributed by atoms with Crippen molar-refractivity contribution in [1.29, 1.82) is 0 Å². The van der Waals surface area contributed by atoms with Crippen molar-refractivity contribution in [2.24, 2.45) is 0 Å². The standard InChI is InChI=1S/C18H21ClN4O/c1-12(2)23-18-15(11-21-23)9-14(17(19)22-18)10-20-16-5-3-13(4-6-16)7-8-24/h3-6,9,11-12,20,24H,7-8,10H2,1-2H3. The molecule has 24 heavy (non-hydrogen) atoms. The minimum Gasteiger partial charge on any atom is -0.396 e. The number of aliphatic hydroxyl groups is 1. The Kier molecular flexibility index (Phi) is 5.02. The van der Waals surface area contributed by atoms with E-state index >= 15 is 0 Å². The van der Waals surface area contributed by atoms with Gasteiger partial charge in [0.05, 0.1) is 6.20 Å². The predicted molar refractivity (Wildman–Crippen MR) is 97.5 cm³/mol. The van der Waals surface area contributed by atoms with Crippen molar-refractivity contribution in [2.45, 2.75) is 32.9 Å². The minimum atomic E-state index is 0.165. The largest absolute Gasteiger partial charge is 0.396 e. The predicted octanol–water partition coefficient (Wildman–Crippen LogP) is 3.81. The zero-order valence-corrected chi connectivity index (χ0v) is 14.6. The highest BCUT2D eigenvalue weighted by molar-refractivity contribution is 6.30. The fraction of sp³-hybridized carbons (Fsp3) is 0.333. The monoisotopic (exact) mass is 344 g/mol. The summed E-state index contributed by atoms with van der Waals surface area (Å²) >= 11 is 6.35. The molecule has 0 saturated heterocycles. The molecule has 0 bridgehead atoms. The molecular formula is C18H21ClN4O. The molecule has 0 unspecified atom stereocenters. The lowest BCUT2D eigenvalue weighted by atomic mass is 10.1. The number of nitrogens with one attached hydrogen (secondary N) is 1. The van der Waals surface area contributed by atoms with Gasteiger partial charge >= 0.3 is 0 Å². The number of pyridine rings is 1. The second-order valence-corrected chi connectivity index (χ2v) is 6.42. The lowest BCUT2D eigenvalue weighted by Gasteiger charge is -2.10. The molecular weight excluding hydrogens is 324 g/mol. The van der Waals surface area contributed by atoms with Crippen LogP contribution in [0, 0.1) is 0 Å². The first-order chi connectivity index (χ1) is 11.6. The number of rotatable bonds is 6. The summed E-state index contributed by atoms with van der Waals surface area (Å²) in [6.45, 7) is 4.89. The normalized spacial score (nSPS) is 11.4. The Morgan fingerprint density at radius 2 is 2.00 bits per heavy atom. The van der Waals surface area contributed by atoms with Gasteiger partial charge < -0.3 is 10.4 Å². The van der Waals surface area contributed by atoms with Gasteiger partial charge in [0.15, 0.2) is 5.65 Å². The van der Waals surface area contributed by atoms with E-state index in [0.29, 0.717) is 18.1 Å². The van der Waals surface area contributed by atoms with E-state index < -0.39 is 0 Å². The van der Waals surface area contributed by atoms with Crippen molar-refractivity contribution >= 4 is 28.3 Å². The molecule has 0 fully saturated rings. The molecule has 2 heterocycles. The fourth-order valence-electron chi connectivity index (χ4n) is 2.62. The first-order valence-corrected chi connectivity index (χ1v) is 8.42. The van der Waals surface area contributed by atoms with Crippen LogP contribution in [0.5, 0.6) is 0 Å². The SMILES string of the molecule is CC(C)n1ncc2cc(CNc3ccc(CCO)cc3)c(Cl)nc21. The van der Waals surface area contributed by atoms with Crippen LogP contribution in [0.3, 0.4) is 0 Å². The van der Waals surface area contributed by atoms with Gasteiger partial charge in [-0.15, -0.1) is 0 Å². The van der Waals surface area contributed by atoms with Gasteiger partial charge in [-0.3, -0.25) is 0 Å². The van der Waals surface area contributed by atoms with Crippen molar-refractivity contribution in [3.05, 3.63) is 52.8 Å². The molecule has 126 valence electrons. The highest BCUT2D eigenvalue weighted by Gasteiger charge is 2.11. The molecule has 2 aromatic heterocycles. The van der Waals surface area contributed by atoms with Crippen LogP contribution in [0.2, 0.25) is 5.15 Å². The summed E-state index contributed by atoms with van der Waals surface area (Å²) in [6, 6.07) is 10.3. The highest BCUT2D eigenvalue weighted by Crippen LogP contribution is 2.23. The Balaban J connectivity index is 1.76. The van der Waals surface area contributed by atoms with E-state index in [9.17, 15) is 0 Å². The lowest BCUT2D eigenvalue weighted by molar-refractivity contribution is 0.299. The zero-order valence-electron chi connectivity index (χ0n) is 13.8. The van der Waals surface area contributed by atoms with Crippen LogP contribution in [0.4, 0.5) is 5.69 Å². The molecule has 5 nitrogen and oxygen atoms in total. The van der Waals surface area contributed by atoms with E-state index in [4.69, 9.17) is 16.7 Å². The van der Waals surface area contributed by atoms with Crippen molar-refractivity contribution in [2.75, 3.05) is 11.9 Å². The van der Waals surface area contributed by atoms with E-state index in [-0.39, 0.29) is 12.6 Å². The number of nitrogens with zero attached hydrogens (tertiary/aromatic N) is 3. The topological polar surface area (TPSA) is 63.0 Å². The van der Waals surface area contributed by atoms with Crippen LogP contribution in [-0.4, -0.2) is 26.5 Å². The maximum Gasteiger partial charge on any atom is 0.159 e. The van der Waals surface area contributed by atoms with Crippen molar-refractivity contribution < 1.29 is 5.11 Å². The van der Waals surface area contributed by atoms with E-state index in [2.05, 4.69) is 29.2 Å². The molecule has 0 aliphatic heterocycles. The van der Waals surface area contributed by atoms with Gasteiger partial charge in [-0.1, -0.05) is 23.7 Å². The number of halogens is 1.